The Morgan fingerprint density at radius 3 is 2.81 bits per heavy atom. The van der Waals surface area contributed by atoms with Gasteiger partial charge in [-0.25, -0.2) is 4.79 Å². The summed E-state index contributed by atoms with van der Waals surface area (Å²) >= 11 is 0. The van der Waals surface area contributed by atoms with Crippen molar-refractivity contribution in [1.29, 1.82) is 0 Å². The zero-order valence-corrected chi connectivity index (χ0v) is 12.3. The summed E-state index contributed by atoms with van der Waals surface area (Å²) in [6.45, 7) is 3.88. The molecule has 0 aliphatic heterocycles. The lowest BCUT2D eigenvalue weighted by Crippen LogP contribution is -2.27. The molecule has 4 nitrogen and oxygen atoms in total. The molecule has 0 spiro atoms. The number of carboxylic acid groups (broad SMARTS) is 1. The average molecular weight is 287 g/mol. The molecule has 1 fully saturated rings. The Bertz CT molecular complexity index is 643. The number of unbranched alkanes of at least 4 members (excludes halogenated alkanes) is 1. The smallest absolute Gasteiger partial charge is 0.372 e. The Balaban J connectivity index is 1.93. The molecule has 0 amide bonds. The molecule has 1 aromatic carbocycles. The topological polar surface area (TPSA) is 53.7 Å². The highest BCUT2D eigenvalue weighted by Crippen LogP contribution is 2.32. The van der Waals surface area contributed by atoms with Gasteiger partial charge < -0.3 is 9.52 Å². The molecule has 3 rings (SSSR count). The van der Waals surface area contributed by atoms with Gasteiger partial charge in [0.15, 0.2) is 0 Å². The molecule has 0 radical (unpaired) electrons. The molecule has 0 saturated heterocycles. The molecule has 1 aliphatic carbocycles. The number of fused-ring (bicyclic) bond motifs is 1. The normalized spacial score (nSPS) is 15.0. The van der Waals surface area contributed by atoms with Gasteiger partial charge in [-0.2, -0.15) is 0 Å². The van der Waals surface area contributed by atoms with Crippen molar-refractivity contribution in [3.8, 4) is 0 Å². The maximum Gasteiger partial charge on any atom is 0.372 e. The van der Waals surface area contributed by atoms with Gasteiger partial charge in [-0.05, 0) is 31.9 Å². The van der Waals surface area contributed by atoms with E-state index in [0.717, 1.165) is 30.3 Å². The van der Waals surface area contributed by atoms with Crippen LogP contribution in [-0.4, -0.2) is 28.6 Å². The minimum absolute atomic E-state index is 0.0957. The molecule has 112 valence electrons. The Hall–Kier alpha value is -1.81. The van der Waals surface area contributed by atoms with Gasteiger partial charge in [0.2, 0.25) is 5.76 Å². The minimum atomic E-state index is -0.979. The van der Waals surface area contributed by atoms with Crippen LogP contribution in [0.4, 0.5) is 0 Å². The number of hydrogen-bond donors (Lipinski definition) is 1. The highest BCUT2D eigenvalue weighted by Gasteiger charge is 2.31. The number of rotatable bonds is 7. The minimum Gasteiger partial charge on any atom is -0.475 e. The first-order valence-electron chi connectivity index (χ1n) is 7.68. The van der Waals surface area contributed by atoms with Crippen molar-refractivity contribution in [2.45, 2.75) is 45.2 Å². The quantitative estimate of drug-likeness (QED) is 0.839. The van der Waals surface area contributed by atoms with E-state index in [4.69, 9.17) is 4.42 Å². The maximum absolute atomic E-state index is 11.5. The van der Waals surface area contributed by atoms with E-state index in [0.29, 0.717) is 18.2 Å². The van der Waals surface area contributed by atoms with Gasteiger partial charge in [0.05, 0.1) is 0 Å². The molecular weight excluding hydrogens is 266 g/mol. The van der Waals surface area contributed by atoms with Crippen molar-refractivity contribution < 1.29 is 14.3 Å². The van der Waals surface area contributed by atoms with Crippen LogP contribution in [0, 0.1) is 0 Å². The molecule has 0 bridgehead atoms. The van der Waals surface area contributed by atoms with Crippen LogP contribution in [0.15, 0.2) is 28.7 Å². The Kier molecular flexibility index (Phi) is 3.97. The van der Waals surface area contributed by atoms with E-state index >= 15 is 0 Å². The third-order valence-corrected chi connectivity index (χ3v) is 4.12. The first kappa shape index (κ1) is 14.1. The summed E-state index contributed by atoms with van der Waals surface area (Å²) in [7, 11) is 0. The zero-order chi connectivity index (χ0) is 14.8. The van der Waals surface area contributed by atoms with E-state index in [9.17, 15) is 9.90 Å². The first-order chi connectivity index (χ1) is 10.2. The molecule has 1 N–H and O–H groups in total. The standard InChI is InChI=1S/C17H21NO3/c1-2-3-10-18(12-8-9-12)11-14-13-6-4-5-7-15(13)21-16(14)17(19)20/h4-7,12H,2-3,8-11H2,1H3,(H,19,20). The number of aromatic carboxylic acids is 1. The monoisotopic (exact) mass is 287 g/mol. The number of benzene rings is 1. The number of para-hydroxylation sites is 1. The van der Waals surface area contributed by atoms with Crippen LogP contribution in [0.5, 0.6) is 0 Å². The van der Waals surface area contributed by atoms with Crippen LogP contribution in [-0.2, 0) is 6.54 Å². The second-order valence-electron chi connectivity index (χ2n) is 5.77. The SMILES string of the molecule is CCCCN(Cc1c(C(=O)O)oc2ccccc12)C1CC1. The first-order valence-corrected chi connectivity index (χ1v) is 7.68. The second-order valence-corrected chi connectivity index (χ2v) is 5.77. The lowest BCUT2D eigenvalue weighted by atomic mass is 10.1. The Labute approximate surface area is 124 Å². The predicted molar refractivity (Wildman–Crippen MR) is 81.5 cm³/mol. The van der Waals surface area contributed by atoms with Gasteiger partial charge in [-0.1, -0.05) is 31.5 Å². The van der Waals surface area contributed by atoms with Crippen LogP contribution >= 0.6 is 0 Å². The number of carbonyl (C=O) groups is 1. The Morgan fingerprint density at radius 2 is 2.14 bits per heavy atom. The fourth-order valence-corrected chi connectivity index (χ4v) is 2.82. The van der Waals surface area contributed by atoms with E-state index in [1.807, 2.05) is 24.3 Å². The van der Waals surface area contributed by atoms with Crippen molar-refractivity contribution in [2.75, 3.05) is 6.54 Å². The highest BCUT2D eigenvalue weighted by atomic mass is 16.4. The third kappa shape index (κ3) is 2.95. The molecule has 1 saturated carbocycles. The van der Waals surface area contributed by atoms with Crippen LogP contribution < -0.4 is 0 Å². The average Bonchev–Trinajstić information content (AvgIpc) is 3.25. The molecule has 2 aromatic rings. The van der Waals surface area contributed by atoms with Gasteiger partial charge in [-0.3, -0.25) is 4.90 Å². The molecule has 21 heavy (non-hydrogen) atoms. The van der Waals surface area contributed by atoms with Crippen LogP contribution in [0.2, 0.25) is 0 Å². The van der Waals surface area contributed by atoms with Gasteiger partial charge in [-0.15, -0.1) is 0 Å². The van der Waals surface area contributed by atoms with Crippen molar-refractivity contribution in [3.63, 3.8) is 0 Å². The molecule has 0 unspecified atom stereocenters. The van der Waals surface area contributed by atoms with E-state index in [-0.39, 0.29) is 5.76 Å². The molecule has 4 heteroatoms. The fourth-order valence-electron chi connectivity index (χ4n) is 2.82. The number of nitrogens with zero attached hydrogens (tertiary/aromatic N) is 1. The summed E-state index contributed by atoms with van der Waals surface area (Å²) < 4.78 is 5.54. The number of carboxylic acids is 1. The van der Waals surface area contributed by atoms with Crippen molar-refractivity contribution in [1.82, 2.24) is 4.90 Å². The third-order valence-electron chi connectivity index (χ3n) is 4.12. The summed E-state index contributed by atoms with van der Waals surface area (Å²) in [5.74, 6) is -0.884. The largest absolute Gasteiger partial charge is 0.475 e. The molecule has 0 atom stereocenters. The summed E-state index contributed by atoms with van der Waals surface area (Å²) in [4.78, 5) is 13.9. The summed E-state index contributed by atoms with van der Waals surface area (Å²) in [6, 6.07) is 8.20. The van der Waals surface area contributed by atoms with E-state index < -0.39 is 5.97 Å². The predicted octanol–water partition coefficient (Wildman–Crippen LogP) is 3.90. The fraction of sp³-hybridized carbons (Fsp3) is 0.471. The summed E-state index contributed by atoms with van der Waals surface area (Å²) in [6.07, 6.45) is 4.75. The van der Waals surface area contributed by atoms with Crippen molar-refractivity contribution in [2.24, 2.45) is 0 Å². The second kappa shape index (κ2) is 5.90. The van der Waals surface area contributed by atoms with Crippen LogP contribution in [0.25, 0.3) is 11.0 Å². The van der Waals surface area contributed by atoms with Gasteiger partial charge in [0, 0.05) is 23.5 Å². The number of hydrogen-bond acceptors (Lipinski definition) is 3. The van der Waals surface area contributed by atoms with Crippen molar-refractivity contribution in [3.05, 3.63) is 35.6 Å². The van der Waals surface area contributed by atoms with Gasteiger partial charge in [0.1, 0.15) is 5.58 Å². The Morgan fingerprint density at radius 1 is 1.38 bits per heavy atom. The van der Waals surface area contributed by atoms with E-state index in [1.54, 1.807) is 0 Å². The van der Waals surface area contributed by atoms with Crippen molar-refractivity contribution >= 4 is 16.9 Å². The van der Waals surface area contributed by atoms with Crippen LogP contribution in [0.3, 0.4) is 0 Å². The molecule has 1 aliphatic rings. The van der Waals surface area contributed by atoms with Crippen LogP contribution in [0.1, 0.15) is 48.7 Å². The van der Waals surface area contributed by atoms with Gasteiger partial charge >= 0.3 is 5.97 Å². The summed E-state index contributed by atoms with van der Waals surface area (Å²) in [5, 5.41) is 10.3. The van der Waals surface area contributed by atoms with Gasteiger partial charge in [0.25, 0.3) is 0 Å². The summed E-state index contributed by atoms with van der Waals surface area (Å²) in [5.41, 5.74) is 1.48. The molecule has 1 heterocycles. The lowest BCUT2D eigenvalue weighted by Gasteiger charge is -2.21. The maximum atomic E-state index is 11.5. The number of furan rings is 1. The van der Waals surface area contributed by atoms with E-state index in [1.165, 1.54) is 12.8 Å². The molecule has 1 aromatic heterocycles. The zero-order valence-electron chi connectivity index (χ0n) is 12.3. The highest BCUT2D eigenvalue weighted by molar-refractivity contribution is 5.95. The lowest BCUT2D eigenvalue weighted by molar-refractivity contribution is 0.0661. The molecular formula is C17H21NO3. The van der Waals surface area contributed by atoms with E-state index in [2.05, 4.69) is 11.8 Å².